The third kappa shape index (κ3) is 2.70. The van der Waals surface area contributed by atoms with Crippen LogP contribution in [0.3, 0.4) is 0 Å². The highest BCUT2D eigenvalue weighted by Gasteiger charge is 2.34. The number of nitrogens with zero attached hydrogens (tertiary/aromatic N) is 1. The number of nitrogens with one attached hydrogen (secondary N) is 1. The number of benzene rings is 2. The van der Waals surface area contributed by atoms with Gasteiger partial charge in [0.25, 0.3) is 0 Å². The molecular weight excluding hydrogens is 388 g/mol. The van der Waals surface area contributed by atoms with Gasteiger partial charge >= 0.3 is 6.18 Å². The molecular formula is C18H11Cl2F3N2O. The predicted octanol–water partition coefficient (Wildman–Crippen LogP) is 6.02. The minimum absolute atomic E-state index is 0.0715. The molecule has 1 aliphatic rings. The van der Waals surface area contributed by atoms with E-state index in [1.807, 2.05) is 6.07 Å². The highest BCUT2D eigenvalue weighted by molar-refractivity contribution is 6.35. The molecule has 134 valence electrons. The second kappa shape index (κ2) is 5.86. The topological polar surface area (TPSA) is 37.2 Å². The fraction of sp³-hybridized carbons (Fsp3) is 0.111. The van der Waals surface area contributed by atoms with Gasteiger partial charge in [0, 0.05) is 22.5 Å². The van der Waals surface area contributed by atoms with Crippen LogP contribution in [0.1, 0.15) is 22.9 Å². The first-order valence-corrected chi connectivity index (χ1v) is 8.34. The zero-order valence-corrected chi connectivity index (χ0v) is 14.5. The van der Waals surface area contributed by atoms with E-state index in [0.717, 1.165) is 17.8 Å². The van der Waals surface area contributed by atoms with E-state index in [2.05, 4.69) is 5.32 Å². The molecule has 3 aromatic rings. The highest BCUT2D eigenvalue weighted by Crippen LogP contribution is 2.44. The molecule has 2 N–H and O–H groups in total. The summed E-state index contributed by atoms with van der Waals surface area (Å²) in [6.45, 7) is 0. The molecule has 4 rings (SSSR count). The van der Waals surface area contributed by atoms with Gasteiger partial charge in [-0.1, -0.05) is 23.2 Å². The maximum absolute atomic E-state index is 13.1. The summed E-state index contributed by atoms with van der Waals surface area (Å²) in [5.74, 6) is -0.170. The minimum atomic E-state index is -4.45. The Kier molecular flexibility index (Phi) is 3.86. The number of halogens is 5. The van der Waals surface area contributed by atoms with E-state index in [-0.39, 0.29) is 10.8 Å². The Morgan fingerprint density at radius 2 is 1.85 bits per heavy atom. The van der Waals surface area contributed by atoms with Crippen molar-refractivity contribution in [2.45, 2.75) is 12.2 Å². The first kappa shape index (κ1) is 17.1. The van der Waals surface area contributed by atoms with E-state index in [1.165, 1.54) is 18.2 Å². The molecule has 3 nitrogen and oxygen atoms in total. The van der Waals surface area contributed by atoms with Crippen LogP contribution in [0.5, 0.6) is 5.75 Å². The van der Waals surface area contributed by atoms with Crippen LogP contribution in [0.4, 0.5) is 18.9 Å². The van der Waals surface area contributed by atoms with Gasteiger partial charge in [0.1, 0.15) is 5.75 Å². The molecule has 0 fully saturated rings. The fourth-order valence-electron chi connectivity index (χ4n) is 3.16. The summed E-state index contributed by atoms with van der Waals surface area (Å²) in [4.78, 5) is 0. The van der Waals surface area contributed by atoms with Crippen LogP contribution in [0.25, 0.3) is 5.69 Å². The summed E-state index contributed by atoms with van der Waals surface area (Å²) in [5.41, 5.74) is 1.24. The maximum Gasteiger partial charge on any atom is 0.416 e. The Hall–Kier alpha value is -2.31. The van der Waals surface area contributed by atoms with Gasteiger partial charge in [-0.25, -0.2) is 0 Å². The van der Waals surface area contributed by atoms with E-state index < -0.39 is 17.8 Å². The van der Waals surface area contributed by atoms with Gasteiger partial charge in [-0.3, -0.25) is 0 Å². The molecule has 0 spiro atoms. The van der Waals surface area contributed by atoms with Gasteiger partial charge in [-0.05, 0) is 42.5 Å². The van der Waals surface area contributed by atoms with Crippen LogP contribution in [0.2, 0.25) is 10.0 Å². The minimum Gasteiger partial charge on any atom is -0.506 e. The monoisotopic (exact) mass is 398 g/mol. The lowest BCUT2D eigenvalue weighted by atomic mass is 9.99. The lowest BCUT2D eigenvalue weighted by molar-refractivity contribution is -0.137. The quantitative estimate of drug-likeness (QED) is 0.525. The molecule has 2 heterocycles. The second-order valence-corrected chi connectivity index (χ2v) is 6.78. The Labute approximate surface area is 156 Å². The number of aromatic nitrogens is 1. The Balaban J connectivity index is 1.89. The lowest BCUT2D eigenvalue weighted by Gasteiger charge is -2.31. The van der Waals surface area contributed by atoms with Crippen LogP contribution in [0, 0.1) is 0 Å². The van der Waals surface area contributed by atoms with Crippen molar-refractivity contribution in [2.75, 3.05) is 5.32 Å². The van der Waals surface area contributed by atoms with Crippen molar-refractivity contribution in [1.82, 2.24) is 4.57 Å². The third-order valence-corrected chi connectivity index (χ3v) is 4.83. The number of aromatic hydroxyl groups is 1. The average Bonchev–Trinajstić information content (AvgIpc) is 3.06. The zero-order chi connectivity index (χ0) is 18.6. The first-order valence-electron chi connectivity index (χ1n) is 7.59. The van der Waals surface area contributed by atoms with Crippen LogP contribution >= 0.6 is 23.2 Å². The van der Waals surface area contributed by atoms with Crippen molar-refractivity contribution >= 4 is 28.9 Å². The van der Waals surface area contributed by atoms with E-state index >= 15 is 0 Å². The predicted molar refractivity (Wildman–Crippen MR) is 94.4 cm³/mol. The number of phenolic OH excluding ortho intramolecular Hbond substituents is 1. The Bertz CT molecular complexity index is 1010. The first-order chi connectivity index (χ1) is 12.3. The number of rotatable bonds is 1. The normalized spacial score (nSPS) is 16.0. The van der Waals surface area contributed by atoms with E-state index in [9.17, 15) is 18.3 Å². The van der Waals surface area contributed by atoms with Crippen molar-refractivity contribution in [3.63, 3.8) is 0 Å². The molecule has 1 aliphatic heterocycles. The smallest absolute Gasteiger partial charge is 0.416 e. The van der Waals surface area contributed by atoms with Gasteiger partial charge in [-0.15, -0.1) is 0 Å². The number of hydrogen-bond donors (Lipinski definition) is 2. The second-order valence-electron chi connectivity index (χ2n) is 5.94. The molecule has 2 aromatic carbocycles. The van der Waals surface area contributed by atoms with E-state index in [1.54, 1.807) is 16.8 Å². The largest absolute Gasteiger partial charge is 0.506 e. The van der Waals surface area contributed by atoms with Gasteiger partial charge in [0.15, 0.2) is 0 Å². The van der Waals surface area contributed by atoms with Crippen molar-refractivity contribution in [3.05, 3.63) is 75.5 Å². The molecule has 0 aliphatic carbocycles. The molecule has 26 heavy (non-hydrogen) atoms. The van der Waals surface area contributed by atoms with Crippen molar-refractivity contribution in [2.24, 2.45) is 0 Å². The summed E-state index contributed by atoms with van der Waals surface area (Å²) in [5, 5.41) is 13.8. The van der Waals surface area contributed by atoms with E-state index in [0.29, 0.717) is 22.0 Å². The van der Waals surface area contributed by atoms with Crippen molar-refractivity contribution < 1.29 is 18.3 Å². The lowest BCUT2D eigenvalue weighted by Crippen LogP contribution is -2.23. The van der Waals surface area contributed by atoms with Gasteiger partial charge < -0.3 is 15.0 Å². The number of alkyl halides is 3. The molecule has 0 radical (unpaired) electrons. The Morgan fingerprint density at radius 1 is 1.08 bits per heavy atom. The summed E-state index contributed by atoms with van der Waals surface area (Å²) < 4.78 is 41.0. The van der Waals surface area contributed by atoms with Crippen LogP contribution in [-0.2, 0) is 6.18 Å². The summed E-state index contributed by atoms with van der Waals surface area (Å²) in [6, 6.07) is 9.42. The van der Waals surface area contributed by atoms with Gasteiger partial charge in [0.2, 0.25) is 0 Å². The van der Waals surface area contributed by atoms with Crippen LogP contribution in [-0.4, -0.2) is 9.67 Å². The standard InChI is InChI=1S/C18H11Cl2F3N2O/c19-10-7-11(17(26)12(20)8-10)16-15-2-1-5-25(15)14-4-3-9(18(21,22)23)6-13(14)24-16/h1-8,16,24,26H/t16-/m0/s1. The van der Waals surface area contributed by atoms with E-state index in [4.69, 9.17) is 23.2 Å². The summed E-state index contributed by atoms with van der Waals surface area (Å²) in [7, 11) is 0. The molecule has 1 aromatic heterocycles. The molecule has 1 atom stereocenters. The van der Waals surface area contributed by atoms with Crippen LogP contribution in [0.15, 0.2) is 48.7 Å². The molecule has 0 amide bonds. The van der Waals surface area contributed by atoms with Gasteiger partial charge in [-0.2, -0.15) is 13.2 Å². The van der Waals surface area contributed by atoms with Crippen LogP contribution < -0.4 is 5.32 Å². The molecule has 0 saturated heterocycles. The Morgan fingerprint density at radius 3 is 2.58 bits per heavy atom. The number of hydrogen-bond acceptors (Lipinski definition) is 2. The SMILES string of the molecule is Oc1c(Cl)cc(Cl)cc1[C@@H]1Nc2cc(C(F)(F)F)ccc2-n2cccc21. The average molecular weight is 399 g/mol. The van der Waals surface area contributed by atoms with Gasteiger partial charge in [0.05, 0.1) is 28.0 Å². The number of phenols is 1. The fourth-order valence-corrected chi connectivity index (χ4v) is 3.67. The van der Waals surface area contributed by atoms with Crippen molar-refractivity contribution in [1.29, 1.82) is 0 Å². The molecule has 8 heteroatoms. The summed E-state index contributed by atoms with van der Waals surface area (Å²) in [6.07, 6.45) is -2.71. The third-order valence-electron chi connectivity index (χ3n) is 4.33. The molecule has 0 saturated carbocycles. The van der Waals surface area contributed by atoms with Crippen molar-refractivity contribution in [3.8, 4) is 11.4 Å². The number of anilines is 1. The highest BCUT2D eigenvalue weighted by atomic mass is 35.5. The number of fused-ring (bicyclic) bond motifs is 3. The summed E-state index contributed by atoms with van der Waals surface area (Å²) >= 11 is 12.1. The molecule has 0 bridgehead atoms. The maximum atomic E-state index is 13.1. The zero-order valence-electron chi connectivity index (χ0n) is 13.0. The molecule has 0 unspecified atom stereocenters.